The molecule has 0 bridgehead atoms. The molecule has 4 nitrogen and oxygen atoms in total. The molecule has 0 unspecified atom stereocenters. The van der Waals surface area contributed by atoms with E-state index in [9.17, 15) is 4.79 Å². The Labute approximate surface area is 167 Å². The monoisotopic (exact) mass is 385 g/mol. The van der Waals surface area contributed by atoms with Crippen LogP contribution in [0.3, 0.4) is 0 Å². The van der Waals surface area contributed by atoms with Crippen LogP contribution in [0, 0.1) is 0 Å². The largest absolute Gasteiger partial charge is 0.340 e. The van der Waals surface area contributed by atoms with E-state index in [0.29, 0.717) is 19.5 Å². The number of hydrogen-bond acceptors (Lipinski definition) is 4. The highest BCUT2D eigenvalue weighted by Gasteiger charge is 2.20. The number of benzene rings is 2. The maximum atomic E-state index is 12.8. The Morgan fingerprint density at radius 2 is 1.59 bits per heavy atom. The summed E-state index contributed by atoms with van der Waals surface area (Å²) in [4.78, 5) is 14.7. The Hall–Kier alpha value is -1.82. The van der Waals surface area contributed by atoms with Crippen LogP contribution < -0.4 is 11.5 Å². The van der Waals surface area contributed by atoms with Gasteiger partial charge in [-0.25, -0.2) is 0 Å². The standard InChI is InChI=1S/C22H31N3OS/c23-14-7-12-21(24)22(26)25(15-13-19-8-3-1-4-9-19)16-17-27-18-20-10-5-2-6-11-20/h1-6,8-11,21H,7,12-18,23-24H2/t21-/m0/s1. The van der Waals surface area contributed by atoms with E-state index < -0.39 is 6.04 Å². The van der Waals surface area contributed by atoms with E-state index in [1.807, 2.05) is 40.9 Å². The summed E-state index contributed by atoms with van der Waals surface area (Å²) in [7, 11) is 0. The average Bonchev–Trinajstić information content (AvgIpc) is 2.72. The highest BCUT2D eigenvalue weighted by atomic mass is 32.2. The van der Waals surface area contributed by atoms with Gasteiger partial charge in [-0.1, -0.05) is 60.7 Å². The summed E-state index contributed by atoms with van der Waals surface area (Å²) in [5, 5.41) is 0. The van der Waals surface area contributed by atoms with Gasteiger partial charge < -0.3 is 16.4 Å². The second-order valence-corrected chi connectivity index (χ2v) is 7.74. The number of carbonyl (C=O) groups is 1. The van der Waals surface area contributed by atoms with Crippen molar-refractivity contribution in [1.29, 1.82) is 0 Å². The minimum Gasteiger partial charge on any atom is -0.340 e. The van der Waals surface area contributed by atoms with E-state index in [-0.39, 0.29) is 5.91 Å². The van der Waals surface area contributed by atoms with Crippen LogP contribution in [0.5, 0.6) is 0 Å². The summed E-state index contributed by atoms with van der Waals surface area (Å²) in [5.74, 6) is 1.90. The number of thioether (sulfide) groups is 1. The molecule has 146 valence electrons. The molecule has 1 amide bonds. The Morgan fingerprint density at radius 1 is 0.963 bits per heavy atom. The molecule has 0 aromatic heterocycles. The Morgan fingerprint density at radius 3 is 2.22 bits per heavy atom. The average molecular weight is 386 g/mol. The highest BCUT2D eigenvalue weighted by Crippen LogP contribution is 2.13. The van der Waals surface area contributed by atoms with Crippen molar-refractivity contribution in [2.24, 2.45) is 11.5 Å². The number of nitrogens with two attached hydrogens (primary N) is 2. The van der Waals surface area contributed by atoms with Crippen molar-refractivity contribution in [3.05, 3.63) is 71.8 Å². The summed E-state index contributed by atoms with van der Waals surface area (Å²) in [5.41, 5.74) is 14.2. The van der Waals surface area contributed by atoms with Crippen molar-refractivity contribution in [3.63, 3.8) is 0 Å². The van der Waals surface area contributed by atoms with Gasteiger partial charge in [0.1, 0.15) is 0 Å². The molecule has 0 saturated carbocycles. The molecule has 0 radical (unpaired) electrons. The minimum absolute atomic E-state index is 0.0414. The third-order valence-electron chi connectivity index (χ3n) is 4.48. The van der Waals surface area contributed by atoms with Crippen LogP contribution in [0.1, 0.15) is 24.0 Å². The molecule has 27 heavy (non-hydrogen) atoms. The first kappa shape index (κ1) is 21.5. The van der Waals surface area contributed by atoms with Crippen LogP contribution in [-0.2, 0) is 17.0 Å². The molecule has 0 saturated heterocycles. The number of rotatable bonds is 12. The predicted molar refractivity (Wildman–Crippen MR) is 116 cm³/mol. The molecular weight excluding hydrogens is 354 g/mol. The van der Waals surface area contributed by atoms with Crippen molar-refractivity contribution in [1.82, 2.24) is 4.90 Å². The lowest BCUT2D eigenvalue weighted by molar-refractivity contribution is -0.132. The normalized spacial score (nSPS) is 11.9. The molecule has 5 heteroatoms. The Kier molecular flexibility index (Phi) is 9.98. The van der Waals surface area contributed by atoms with Gasteiger partial charge in [-0.2, -0.15) is 11.8 Å². The van der Waals surface area contributed by atoms with Crippen molar-refractivity contribution < 1.29 is 4.79 Å². The first-order chi connectivity index (χ1) is 13.2. The third-order valence-corrected chi connectivity index (χ3v) is 5.49. The van der Waals surface area contributed by atoms with Gasteiger partial charge in [-0.3, -0.25) is 4.79 Å². The topological polar surface area (TPSA) is 72.3 Å². The zero-order chi connectivity index (χ0) is 19.3. The second-order valence-electron chi connectivity index (χ2n) is 6.64. The molecular formula is C22H31N3OS. The zero-order valence-corrected chi connectivity index (χ0v) is 16.7. The molecule has 0 aliphatic carbocycles. The smallest absolute Gasteiger partial charge is 0.239 e. The van der Waals surface area contributed by atoms with Crippen molar-refractivity contribution in [3.8, 4) is 0 Å². The highest BCUT2D eigenvalue weighted by molar-refractivity contribution is 7.98. The fourth-order valence-corrected chi connectivity index (χ4v) is 3.80. The molecule has 0 aliphatic rings. The number of nitrogens with zero attached hydrogens (tertiary/aromatic N) is 1. The van der Waals surface area contributed by atoms with Crippen LogP contribution >= 0.6 is 11.8 Å². The molecule has 1 atom stereocenters. The van der Waals surface area contributed by atoms with Crippen molar-refractivity contribution >= 4 is 17.7 Å². The molecule has 2 aromatic rings. The summed E-state index contributed by atoms with van der Waals surface area (Å²) >= 11 is 1.85. The van der Waals surface area contributed by atoms with Crippen molar-refractivity contribution in [2.45, 2.75) is 31.1 Å². The predicted octanol–water partition coefficient (Wildman–Crippen LogP) is 3.06. The van der Waals surface area contributed by atoms with E-state index >= 15 is 0 Å². The maximum Gasteiger partial charge on any atom is 0.239 e. The van der Waals surface area contributed by atoms with Crippen LogP contribution in [0.15, 0.2) is 60.7 Å². The van der Waals surface area contributed by atoms with Crippen LogP contribution in [0.2, 0.25) is 0 Å². The maximum absolute atomic E-state index is 12.8. The van der Waals surface area contributed by atoms with Gasteiger partial charge in [0.05, 0.1) is 6.04 Å². The van der Waals surface area contributed by atoms with Gasteiger partial charge in [-0.15, -0.1) is 0 Å². The van der Waals surface area contributed by atoms with E-state index in [0.717, 1.165) is 30.9 Å². The van der Waals surface area contributed by atoms with Gasteiger partial charge in [0.15, 0.2) is 0 Å². The van der Waals surface area contributed by atoms with Gasteiger partial charge in [0.2, 0.25) is 5.91 Å². The molecule has 0 aliphatic heterocycles. The molecule has 2 aromatic carbocycles. The van der Waals surface area contributed by atoms with Crippen LogP contribution in [0.25, 0.3) is 0 Å². The Bertz CT molecular complexity index is 651. The minimum atomic E-state index is -0.455. The van der Waals surface area contributed by atoms with Gasteiger partial charge in [-0.05, 0) is 36.9 Å². The second kappa shape index (κ2) is 12.5. The van der Waals surface area contributed by atoms with E-state index in [1.54, 1.807) is 0 Å². The fraction of sp³-hybridized carbons (Fsp3) is 0.409. The Balaban J connectivity index is 1.86. The van der Waals surface area contributed by atoms with Crippen molar-refractivity contribution in [2.75, 3.05) is 25.4 Å². The number of hydrogen-bond donors (Lipinski definition) is 2. The third kappa shape index (κ3) is 8.16. The molecule has 2 rings (SSSR count). The van der Waals surface area contributed by atoms with Crippen LogP contribution in [0.4, 0.5) is 0 Å². The molecule has 0 heterocycles. The lowest BCUT2D eigenvalue weighted by Crippen LogP contribution is -2.45. The summed E-state index contributed by atoms with van der Waals surface area (Å²) in [6.07, 6.45) is 2.27. The van der Waals surface area contributed by atoms with E-state index in [2.05, 4.69) is 36.4 Å². The first-order valence-electron chi connectivity index (χ1n) is 9.60. The fourth-order valence-electron chi connectivity index (χ4n) is 2.88. The summed E-state index contributed by atoms with van der Waals surface area (Å²) in [6, 6.07) is 20.2. The first-order valence-corrected chi connectivity index (χ1v) is 10.8. The van der Waals surface area contributed by atoms with Gasteiger partial charge >= 0.3 is 0 Å². The summed E-state index contributed by atoms with van der Waals surface area (Å²) < 4.78 is 0. The molecule has 0 fully saturated rings. The number of amides is 1. The van der Waals surface area contributed by atoms with Gasteiger partial charge in [0, 0.05) is 24.6 Å². The van der Waals surface area contributed by atoms with E-state index in [1.165, 1.54) is 11.1 Å². The molecule has 4 N–H and O–H groups in total. The molecule has 0 spiro atoms. The lowest BCUT2D eigenvalue weighted by Gasteiger charge is -2.26. The zero-order valence-electron chi connectivity index (χ0n) is 15.9. The summed E-state index contributed by atoms with van der Waals surface area (Å²) in [6.45, 7) is 1.99. The SMILES string of the molecule is NCCC[C@H](N)C(=O)N(CCSCc1ccccc1)CCc1ccccc1. The van der Waals surface area contributed by atoms with E-state index in [4.69, 9.17) is 11.5 Å². The van der Waals surface area contributed by atoms with Gasteiger partial charge in [0.25, 0.3) is 0 Å². The van der Waals surface area contributed by atoms with Crippen LogP contribution in [-0.4, -0.2) is 42.2 Å². The quantitative estimate of drug-likeness (QED) is 0.551. The lowest BCUT2D eigenvalue weighted by atomic mass is 10.1. The number of carbonyl (C=O) groups excluding carboxylic acids is 1.